The number of pyridine rings is 1. The lowest BCUT2D eigenvalue weighted by molar-refractivity contribution is -0.137. The average molecular weight is 335 g/mol. The molecule has 0 atom stereocenters. The van der Waals surface area contributed by atoms with Crippen molar-refractivity contribution in [3.63, 3.8) is 0 Å². The van der Waals surface area contributed by atoms with Gasteiger partial charge in [-0.25, -0.2) is 9.78 Å². The number of ether oxygens (including phenoxy) is 1. The first kappa shape index (κ1) is 17.0. The number of para-hydroxylation sites is 1. The Morgan fingerprint density at radius 3 is 2.80 bits per heavy atom. The number of piperidine rings is 1. The summed E-state index contributed by atoms with van der Waals surface area (Å²) in [5.74, 6) is 0.234. The van der Waals surface area contributed by atoms with Crippen LogP contribution in [0.1, 0.15) is 31.7 Å². The molecule has 0 saturated carbocycles. The standard InChI is InChI=1S/C20H21N3O2/c1-2-25-20(24)17(14-21)13-16-12-15-8-4-5-9-18(15)22-19(16)23-10-6-3-7-11-23/h4-5,8-9,12-13H,2-3,6-7,10-11H2,1H3/b17-13+. The molecule has 5 nitrogen and oxygen atoms in total. The van der Waals surface area contributed by atoms with Gasteiger partial charge in [0.15, 0.2) is 0 Å². The van der Waals surface area contributed by atoms with Crippen molar-refractivity contribution in [3.05, 3.63) is 41.5 Å². The number of carbonyl (C=O) groups excluding carboxylic acids is 1. The van der Waals surface area contributed by atoms with Crippen molar-refractivity contribution in [1.29, 1.82) is 5.26 Å². The number of fused-ring (bicyclic) bond motifs is 1. The van der Waals surface area contributed by atoms with Gasteiger partial charge in [-0.2, -0.15) is 5.26 Å². The van der Waals surface area contributed by atoms with Crippen LogP contribution in [0.15, 0.2) is 35.9 Å². The van der Waals surface area contributed by atoms with Crippen LogP contribution in [0.2, 0.25) is 0 Å². The molecule has 0 unspecified atom stereocenters. The third kappa shape index (κ3) is 3.80. The number of carbonyl (C=O) groups is 1. The second-order valence-corrected chi connectivity index (χ2v) is 6.03. The number of hydrogen-bond donors (Lipinski definition) is 0. The molecule has 3 rings (SSSR count). The van der Waals surface area contributed by atoms with E-state index in [4.69, 9.17) is 9.72 Å². The van der Waals surface area contributed by atoms with Crippen LogP contribution in [-0.4, -0.2) is 30.6 Å². The van der Waals surface area contributed by atoms with E-state index < -0.39 is 5.97 Å². The minimum Gasteiger partial charge on any atom is -0.462 e. The maximum Gasteiger partial charge on any atom is 0.348 e. The Morgan fingerprint density at radius 2 is 2.08 bits per heavy atom. The summed E-state index contributed by atoms with van der Waals surface area (Å²) < 4.78 is 4.98. The molecule has 1 aliphatic rings. The second-order valence-electron chi connectivity index (χ2n) is 6.03. The molecule has 0 spiro atoms. The van der Waals surface area contributed by atoms with E-state index in [1.165, 1.54) is 6.42 Å². The highest BCUT2D eigenvalue weighted by molar-refractivity contribution is 5.99. The van der Waals surface area contributed by atoms with Crippen LogP contribution in [0.3, 0.4) is 0 Å². The molecule has 2 heterocycles. The molecule has 0 radical (unpaired) electrons. The first-order chi connectivity index (χ1) is 12.2. The highest BCUT2D eigenvalue weighted by Gasteiger charge is 2.18. The van der Waals surface area contributed by atoms with Gasteiger partial charge < -0.3 is 9.64 Å². The summed E-state index contributed by atoms with van der Waals surface area (Å²) in [6, 6.07) is 11.8. The van der Waals surface area contributed by atoms with Crippen LogP contribution < -0.4 is 4.90 Å². The van der Waals surface area contributed by atoms with Crippen molar-refractivity contribution in [2.75, 3.05) is 24.6 Å². The lowest BCUT2D eigenvalue weighted by Gasteiger charge is -2.29. The first-order valence-corrected chi connectivity index (χ1v) is 8.66. The monoisotopic (exact) mass is 335 g/mol. The maximum absolute atomic E-state index is 12.0. The lowest BCUT2D eigenvalue weighted by atomic mass is 10.1. The minimum atomic E-state index is -0.595. The fourth-order valence-corrected chi connectivity index (χ4v) is 3.09. The summed E-state index contributed by atoms with van der Waals surface area (Å²) in [7, 11) is 0. The van der Waals surface area contributed by atoms with Crippen LogP contribution in [0.5, 0.6) is 0 Å². The van der Waals surface area contributed by atoms with Crippen molar-refractivity contribution in [1.82, 2.24) is 4.98 Å². The van der Waals surface area contributed by atoms with Crippen LogP contribution in [0.4, 0.5) is 5.82 Å². The smallest absolute Gasteiger partial charge is 0.348 e. The number of aromatic nitrogens is 1. The lowest BCUT2D eigenvalue weighted by Crippen LogP contribution is -2.30. The van der Waals surface area contributed by atoms with E-state index in [0.29, 0.717) is 0 Å². The molecule has 1 aromatic heterocycles. The zero-order valence-electron chi connectivity index (χ0n) is 14.4. The van der Waals surface area contributed by atoms with Gasteiger partial charge in [-0.05, 0) is 44.4 Å². The normalized spacial score (nSPS) is 15.0. The molecule has 128 valence electrons. The summed E-state index contributed by atoms with van der Waals surface area (Å²) in [5.41, 5.74) is 1.69. The molecule has 1 aliphatic heterocycles. The second kappa shape index (κ2) is 7.80. The fourth-order valence-electron chi connectivity index (χ4n) is 3.09. The molecule has 1 fully saturated rings. The molecule has 1 aromatic carbocycles. The molecule has 0 bridgehead atoms. The van der Waals surface area contributed by atoms with Gasteiger partial charge in [0, 0.05) is 24.0 Å². The summed E-state index contributed by atoms with van der Waals surface area (Å²) in [6.07, 6.45) is 5.07. The number of benzene rings is 1. The molecular formula is C20H21N3O2. The van der Waals surface area contributed by atoms with E-state index >= 15 is 0 Å². The number of nitrogens with zero attached hydrogens (tertiary/aromatic N) is 3. The van der Waals surface area contributed by atoms with Crippen molar-refractivity contribution >= 4 is 28.8 Å². The number of rotatable bonds is 4. The third-order valence-electron chi connectivity index (χ3n) is 4.30. The first-order valence-electron chi connectivity index (χ1n) is 8.66. The van der Waals surface area contributed by atoms with Crippen LogP contribution >= 0.6 is 0 Å². The third-order valence-corrected chi connectivity index (χ3v) is 4.30. The van der Waals surface area contributed by atoms with Crippen LogP contribution in [0.25, 0.3) is 17.0 Å². The van der Waals surface area contributed by atoms with E-state index in [9.17, 15) is 10.1 Å². The molecular weight excluding hydrogens is 314 g/mol. The number of nitriles is 1. The van der Waals surface area contributed by atoms with Gasteiger partial charge in [0.05, 0.1) is 12.1 Å². The maximum atomic E-state index is 12.0. The molecule has 5 heteroatoms. The van der Waals surface area contributed by atoms with Gasteiger partial charge in [-0.3, -0.25) is 0 Å². The van der Waals surface area contributed by atoms with Gasteiger partial charge in [-0.1, -0.05) is 18.2 Å². The zero-order valence-corrected chi connectivity index (χ0v) is 14.4. The Morgan fingerprint density at radius 1 is 1.32 bits per heavy atom. The van der Waals surface area contributed by atoms with E-state index in [2.05, 4.69) is 4.90 Å². The van der Waals surface area contributed by atoms with E-state index in [0.717, 1.165) is 48.2 Å². The van der Waals surface area contributed by atoms with Crippen molar-refractivity contribution < 1.29 is 9.53 Å². The Hall–Kier alpha value is -2.87. The molecule has 2 aromatic rings. The SMILES string of the molecule is CCOC(=O)/C(C#N)=C/c1cc2ccccc2nc1N1CCCCC1. The largest absolute Gasteiger partial charge is 0.462 e. The Kier molecular flexibility index (Phi) is 5.30. The Balaban J connectivity index is 2.10. The van der Waals surface area contributed by atoms with Crippen LogP contribution in [-0.2, 0) is 9.53 Å². The van der Waals surface area contributed by atoms with E-state index in [-0.39, 0.29) is 12.2 Å². The van der Waals surface area contributed by atoms with Crippen molar-refractivity contribution in [3.8, 4) is 6.07 Å². The number of hydrogen-bond acceptors (Lipinski definition) is 5. The summed E-state index contributed by atoms with van der Waals surface area (Å²) in [6.45, 7) is 3.84. The molecule has 0 amide bonds. The van der Waals surface area contributed by atoms with Crippen LogP contribution in [0, 0.1) is 11.3 Å². The van der Waals surface area contributed by atoms with Gasteiger partial charge in [0.2, 0.25) is 0 Å². The van der Waals surface area contributed by atoms with Crippen molar-refractivity contribution in [2.24, 2.45) is 0 Å². The highest BCUT2D eigenvalue weighted by atomic mass is 16.5. The summed E-state index contributed by atoms with van der Waals surface area (Å²) >= 11 is 0. The fraction of sp³-hybridized carbons (Fsp3) is 0.350. The average Bonchev–Trinajstić information content (AvgIpc) is 2.66. The molecule has 1 saturated heterocycles. The topological polar surface area (TPSA) is 66.2 Å². The number of esters is 1. The van der Waals surface area contributed by atoms with Gasteiger partial charge in [0.25, 0.3) is 0 Å². The van der Waals surface area contributed by atoms with E-state index in [1.807, 2.05) is 36.4 Å². The van der Waals surface area contributed by atoms with Gasteiger partial charge >= 0.3 is 5.97 Å². The summed E-state index contributed by atoms with van der Waals surface area (Å²) in [5, 5.41) is 10.3. The highest BCUT2D eigenvalue weighted by Crippen LogP contribution is 2.28. The minimum absolute atomic E-state index is 0.00260. The number of anilines is 1. The summed E-state index contributed by atoms with van der Waals surface area (Å²) in [4.78, 5) is 19.0. The Bertz CT molecular complexity index is 846. The Labute approximate surface area is 147 Å². The van der Waals surface area contributed by atoms with Crippen molar-refractivity contribution in [2.45, 2.75) is 26.2 Å². The molecule has 25 heavy (non-hydrogen) atoms. The molecule has 0 aliphatic carbocycles. The van der Waals surface area contributed by atoms with Gasteiger partial charge in [-0.15, -0.1) is 0 Å². The van der Waals surface area contributed by atoms with Gasteiger partial charge in [0.1, 0.15) is 17.5 Å². The molecule has 0 N–H and O–H groups in total. The van der Waals surface area contributed by atoms with E-state index in [1.54, 1.807) is 13.0 Å². The zero-order chi connectivity index (χ0) is 17.6. The predicted molar refractivity (Wildman–Crippen MR) is 98.0 cm³/mol. The quantitative estimate of drug-likeness (QED) is 0.484. The predicted octanol–water partition coefficient (Wildman–Crippen LogP) is 3.70.